The maximum absolute atomic E-state index is 11.6. The second-order valence-corrected chi connectivity index (χ2v) is 4.71. The van der Waals surface area contributed by atoms with Gasteiger partial charge in [-0.1, -0.05) is 35.0 Å². The molecular formula is C14H13ClN2O4. The van der Waals surface area contributed by atoms with Crippen LogP contribution in [0.3, 0.4) is 0 Å². The lowest BCUT2D eigenvalue weighted by atomic mass is 10.1. The van der Waals surface area contributed by atoms with E-state index in [2.05, 4.69) is 10.5 Å². The topological polar surface area (TPSA) is 81.4 Å². The van der Waals surface area contributed by atoms with Crippen molar-refractivity contribution < 1.29 is 18.8 Å². The third-order valence-electron chi connectivity index (χ3n) is 2.55. The summed E-state index contributed by atoms with van der Waals surface area (Å²) in [5.41, 5.74) is 0.650. The van der Waals surface area contributed by atoms with Gasteiger partial charge in [0.2, 0.25) is 0 Å². The Bertz CT molecular complexity index is 654. The molecule has 0 bridgehead atoms. The summed E-state index contributed by atoms with van der Waals surface area (Å²) in [4.78, 5) is 23.2. The van der Waals surface area contributed by atoms with Crippen LogP contribution in [0.15, 0.2) is 34.9 Å². The number of ether oxygens (including phenoxy) is 1. The van der Waals surface area contributed by atoms with Gasteiger partial charge < -0.3 is 14.6 Å². The number of benzene rings is 1. The number of carbonyl (C=O) groups is 2. The predicted molar refractivity (Wildman–Crippen MR) is 76.0 cm³/mol. The first-order chi connectivity index (χ1) is 10.0. The second kappa shape index (κ2) is 6.90. The van der Waals surface area contributed by atoms with Crippen LogP contribution in [-0.4, -0.2) is 23.6 Å². The van der Waals surface area contributed by atoms with Gasteiger partial charge >= 0.3 is 5.97 Å². The van der Waals surface area contributed by atoms with E-state index in [4.69, 9.17) is 20.9 Å². The standard InChI is InChI=1S/C14H13ClN2O4/c1-9-6-12(17-21-9)16-13(18)8-20-14(19)7-10-4-2-3-5-11(10)15/h2-6H,7-8H2,1H3,(H,16,17,18). The van der Waals surface area contributed by atoms with Crippen molar-refractivity contribution in [2.45, 2.75) is 13.3 Å². The third-order valence-corrected chi connectivity index (χ3v) is 2.92. The molecule has 2 aromatic rings. The Kier molecular flexibility index (Phi) is 4.94. The summed E-state index contributed by atoms with van der Waals surface area (Å²) in [6.45, 7) is 1.31. The lowest BCUT2D eigenvalue weighted by Crippen LogP contribution is -2.21. The molecule has 0 unspecified atom stereocenters. The van der Waals surface area contributed by atoms with Gasteiger partial charge in [0.1, 0.15) is 5.76 Å². The van der Waals surface area contributed by atoms with Gasteiger partial charge in [0.15, 0.2) is 12.4 Å². The van der Waals surface area contributed by atoms with E-state index in [1.165, 1.54) is 0 Å². The average Bonchev–Trinajstić information content (AvgIpc) is 2.84. The maximum Gasteiger partial charge on any atom is 0.310 e. The Morgan fingerprint density at radius 2 is 2.14 bits per heavy atom. The molecule has 0 saturated heterocycles. The molecule has 0 spiro atoms. The minimum absolute atomic E-state index is 0.00994. The highest BCUT2D eigenvalue weighted by Crippen LogP contribution is 2.15. The largest absolute Gasteiger partial charge is 0.455 e. The summed E-state index contributed by atoms with van der Waals surface area (Å²) in [7, 11) is 0. The first-order valence-electron chi connectivity index (χ1n) is 6.17. The van der Waals surface area contributed by atoms with E-state index in [9.17, 15) is 9.59 Å². The molecule has 0 fully saturated rings. The van der Waals surface area contributed by atoms with Crippen molar-refractivity contribution in [3.05, 3.63) is 46.7 Å². The van der Waals surface area contributed by atoms with Gasteiger partial charge in [0.05, 0.1) is 6.42 Å². The second-order valence-electron chi connectivity index (χ2n) is 4.30. The predicted octanol–water partition coefficient (Wildman–Crippen LogP) is 2.36. The molecule has 2 rings (SSSR count). The van der Waals surface area contributed by atoms with Crippen LogP contribution in [-0.2, 0) is 20.7 Å². The lowest BCUT2D eigenvalue weighted by Gasteiger charge is -2.05. The molecule has 0 aliphatic heterocycles. The highest BCUT2D eigenvalue weighted by molar-refractivity contribution is 6.31. The number of carbonyl (C=O) groups excluding carboxylic acids is 2. The van der Waals surface area contributed by atoms with Crippen molar-refractivity contribution in [1.82, 2.24) is 5.16 Å². The molecule has 7 heteroatoms. The smallest absolute Gasteiger partial charge is 0.310 e. The van der Waals surface area contributed by atoms with Gasteiger partial charge in [-0.3, -0.25) is 9.59 Å². The number of aryl methyl sites for hydroxylation is 1. The summed E-state index contributed by atoms with van der Waals surface area (Å²) in [5.74, 6) is -0.175. The maximum atomic E-state index is 11.6. The molecule has 0 saturated carbocycles. The van der Waals surface area contributed by atoms with Crippen LogP contribution in [0.2, 0.25) is 5.02 Å². The number of rotatable bonds is 5. The Hall–Kier alpha value is -2.34. The number of halogens is 1. The number of hydrogen-bond donors (Lipinski definition) is 1. The molecule has 0 atom stereocenters. The Labute approximate surface area is 126 Å². The van der Waals surface area contributed by atoms with Gasteiger partial charge in [-0.2, -0.15) is 0 Å². The third kappa shape index (κ3) is 4.61. The van der Waals surface area contributed by atoms with Gasteiger partial charge in [-0.05, 0) is 18.6 Å². The molecule has 0 aliphatic carbocycles. The van der Waals surface area contributed by atoms with E-state index in [1.54, 1.807) is 37.3 Å². The molecule has 1 heterocycles. The van der Waals surface area contributed by atoms with E-state index in [0.29, 0.717) is 16.3 Å². The highest BCUT2D eigenvalue weighted by atomic mass is 35.5. The number of hydrogen-bond acceptors (Lipinski definition) is 5. The van der Waals surface area contributed by atoms with Crippen molar-refractivity contribution >= 4 is 29.3 Å². The van der Waals surface area contributed by atoms with E-state index < -0.39 is 18.5 Å². The number of anilines is 1. The van der Waals surface area contributed by atoms with Gasteiger partial charge in [-0.15, -0.1) is 0 Å². The minimum Gasteiger partial charge on any atom is -0.455 e. The fourth-order valence-electron chi connectivity index (χ4n) is 1.60. The normalized spacial score (nSPS) is 10.2. The Balaban J connectivity index is 1.78. The molecule has 110 valence electrons. The fourth-order valence-corrected chi connectivity index (χ4v) is 1.80. The molecular weight excluding hydrogens is 296 g/mol. The number of amides is 1. The molecule has 0 aliphatic rings. The Morgan fingerprint density at radius 3 is 2.81 bits per heavy atom. The van der Waals surface area contributed by atoms with E-state index >= 15 is 0 Å². The van der Waals surface area contributed by atoms with Gasteiger partial charge in [0, 0.05) is 11.1 Å². The fraction of sp³-hybridized carbons (Fsp3) is 0.214. The molecule has 6 nitrogen and oxygen atoms in total. The number of esters is 1. The minimum atomic E-state index is -0.533. The van der Waals surface area contributed by atoms with E-state index in [-0.39, 0.29) is 12.2 Å². The zero-order valence-electron chi connectivity index (χ0n) is 11.3. The van der Waals surface area contributed by atoms with E-state index in [0.717, 1.165) is 0 Å². The van der Waals surface area contributed by atoms with Crippen LogP contribution in [0, 0.1) is 6.92 Å². The summed E-state index contributed by atoms with van der Waals surface area (Å²) in [6.07, 6.45) is 0.00994. The Morgan fingerprint density at radius 1 is 1.38 bits per heavy atom. The summed E-state index contributed by atoms with van der Waals surface area (Å²) >= 11 is 5.93. The quantitative estimate of drug-likeness (QED) is 0.858. The summed E-state index contributed by atoms with van der Waals surface area (Å²) < 4.78 is 9.67. The lowest BCUT2D eigenvalue weighted by molar-refractivity contribution is -0.146. The highest BCUT2D eigenvalue weighted by Gasteiger charge is 2.11. The van der Waals surface area contributed by atoms with Crippen molar-refractivity contribution in [2.24, 2.45) is 0 Å². The first kappa shape index (κ1) is 15.1. The van der Waals surface area contributed by atoms with Gasteiger partial charge in [0.25, 0.3) is 5.91 Å². The van der Waals surface area contributed by atoms with Crippen molar-refractivity contribution in [2.75, 3.05) is 11.9 Å². The zero-order chi connectivity index (χ0) is 15.2. The van der Waals surface area contributed by atoms with Crippen LogP contribution in [0.4, 0.5) is 5.82 Å². The van der Waals surface area contributed by atoms with E-state index in [1.807, 2.05) is 0 Å². The van der Waals surface area contributed by atoms with Crippen LogP contribution >= 0.6 is 11.6 Å². The van der Waals surface area contributed by atoms with Crippen LogP contribution in [0.25, 0.3) is 0 Å². The molecule has 0 radical (unpaired) electrons. The van der Waals surface area contributed by atoms with Crippen LogP contribution < -0.4 is 5.32 Å². The van der Waals surface area contributed by atoms with Crippen molar-refractivity contribution in [3.63, 3.8) is 0 Å². The van der Waals surface area contributed by atoms with Crippen molar-refractivity contribution in [3.8, 4) is 0 Å². The number of nitrogens with zero attached hydrogens (tertiary/aromatic N) is 1. The molecule has 1 aromatic heterocycles. The first-order valence-corrected chi connectivity index (χ1v) is 6.54. The van der Waals surface area contributed by atoms with Crippen molar-refractivity contribution in [1.29, 1.82) is 0 Å². The average molecular weight is 309 g/mol. The molecule has 1 amide bonds. The monoisotopic (exact) mass is 308 g/mol. The summed E-state index contributed by atoms with van der Waals surface area (Å²) in [6, 6.07) is 8.51. The number of nitrogens with one attached hydrogen (secondary N) is 1. The van der Waals surface area contributed by atoms with Crippen LogP contribution in [0.1, 0.15) is 11.3 Å². The number of aromatic nitrogens is 1. The summed E-state index contributed by atoms with van der Waals surface area (Å²) in [5, 5.41) is 6.53. The molecule has 21 heavy (non-hydrogen) atoms. The van der Waals surface area contributed by atoms with Gasteiger partial charge in [-0.25, -0.2) is 0 Å². The SMILES string of the molecule is Cc1cc(NC(=O)COC(=O)Cc2ccccc2Cl)no1. The zero-order valence-corrected chi connectivity index (χ0v) is 12.0. The van der Waals surface area contributed by atoms with Crippen LogP contribution in [0.5, 0.6) is 0 Å². The molecule has 1 N–H and O–H groups in total. The molecule has 1 aromatic carbocycles.